The van der Waals surface area contributed by atoms with Crippen LogP contribution in [0.15, 0.2) is 30.3 Å². The van der Waals surface area contributed by atoms with Crippen molar-refractivity contribution in [3.63, 3.8) is 0 Å². The average Bonchev–Trinajstić information content (AvgIpc) is 3.17. The summed E-state index contributed by atoms with van der Waals surface area (Å²) in [4.78, 5) is 12.1. The van der Waals surface area contributed by atoms with Crippen molar-refractivity contribution in [2.75, 3.05) is 0 Å². The van der Waals surface area contributed by atoms with Gasteiger partial charge in [-0.15, -0.1) is 0 Å². The molecule has 3 rings (SSSR count). The van der Waals surface area contributed by atoms with E-state index >= 15 is 0 Å². The van der Waals surface area contributed by atoms with E-state index in [4.69, 9.17) is 5.73 Å². The number of aliphatic hydroxyl groups is 1. The number of carbonyl (C=O) groups excluding carboxylic acids is 1. The summed E-state index contributed by atoms with van der Waals surface area (Å²) < 4.78 is 0. The second kappa shape index (κ2) is 6.04. The Hall–Kier alpha value is -1.35. The molecule has 3 heteroatoms. The Balaban J connectivity index is 1.61. The molecule has 3 nitrogen and oxygen atoms in total. The predicted octanol–water partition coefficient (Wildman–Crippen LogP) is 3.20. The first-order valence-electron chi connectivity index (χ1n) is 8.65. The molecule has 0 radical (unpaired) electrons. The third-order valence-electron chi connectivity index (χ3n) is 5.92. The van der Waals surface area contributed by atoms with Crippen LogP contribution in [0.5, 0.6) is 0 Å². The van der Waals surface area contributed by atoms with Crippen molar-refractivity contribution in [2.24, 2.45) is 17.1 Å². The summed E-state index contributed by atoms with van der Waals surface area (Å²) in [7, 11) is 0. The van der Waals surface area contributed by atoms with Gasteiger partial charge in [-0.05, 0) is 50.0 Å². The minimum atomic E-state index is -0.852. The van der Waals surface area contributed by atoms with Gasteiger partial charge in [0.15, 0.2) is 0 Å². The quantitative estimate of drug-likeness (QED) is 0.847. The fourth-order valence-electron chi connectivity index (χ4n) is 4.60. The van der Waals surface area contributed by atoms with Crippen LogP contribution in [0.4, 0.5) is 0 Å². The Morgan fingerprint density at radius 1 is 1.18 bits per heavy atom. The zero-order valence-electron chi connectivity index (χ0n) is 13.3. The van der Waals surface area contributed by atoms with Gasteiger partial charge in [0.1, 0.15) is 0 Å². The molecule has 2 aliphatic carbocycles. The molecule has 1 aromatic carbocycles. The summed E-state index contributed by atoms with van der Waals surface area (Å²) in [6.07, 6.45) is 8.78. The summed E-state index contributed by atoms with van der Waals surface area (Å²) in [6.45, 7) is 0. The molecule has 3 N–H and O–H groups in total. The number of amides is 1. The SMILES string of the molecule is NC(=O)[C@]1(C2CCCCC2)C[C@]1(O)CCCc1ccccc1. The van der Waals surface area contributed by atoms with Crippen molar-refractivity contribution in [3.05, 3.63) is 35.9 Å². The van der Waals surface area contributed by atoms with Crippen LogP contribution >= 0.6 is 0 Å². The van der Waals surface area contributed by atoms with Crippen LogP contribution in [0, 0.1) is 11.3 Å². The van der Waals surface area contributed by atoms with Gasteiger partial charge in [0.05, 0.1) is 11.0 Å². The number of carbonyl (C=O) groups is 1. The summed E-state index contributed by atoms with van der Waals surface area (Å²) in [5, 5.41) is 10.9. The molecule has 2 fully saturated rings. The fourth-order valence-corrected chi connectivity index (χ4v) is 4.60. The van der Waals surface area contributed by atoms with Crippen molar-refractivity contribution in [2.45, 2.75) is 63.4 Å². The molecule has 120 valence electrons. The summed E-state index contributed by atoms with van der Waals surface area (Å²) >= 11 is 0. The number of aryl methyl sites for hydroxylation is 1. The zero-order chi connectivity index (χ0) is 15.6. The standard InChI is InChI=1S/C19H27NO2/c20-17(21)19(16-11-5-2-6-12-16)14-18(19,22)13-7-10-15-8-3-1-4-9-15/h1,3-4,8-9,16,22H,2,5-7,10-14H2,(H2,20,21)/t18-,19-/m1/s1. The van der Waals surface area contributed by atoms with E-state index in [1.807, 2.05) is 18.2 Å². The van der Waals surface area contributed by atoms with Crippen LogP contribution in [-0.2, 0) is 11.2 Å². The number of hydrogen-bond acceptors (Lipinski definition) is 2. The maximum absolute atomic E-state index is 12.1. The van der Waals surface area contributed by atoms with Crippen molar-refractivity contribution >= 4 is 5.91 Å². The van der Waals surface area contributed by atoms with Crippen LogP contribution in [0.3, 0.4) is 0 Å². The highest BCUT2D eigenvalue weighted by molar-refractivity contribution is 5.86. The molecule has 2 saturated carbocycles. The van der Waals surface area contributed by atoms with E-state index in [9.17, 15) is 9.90 Å². The molecule has 2 atom stereocenters. The highest BCUT2D eigenvalue weighted by atomic mass is 16.3. The minimum absolute atomic E-state index is 0.276. The first-order valence-corrected chi connectivity index (χ1v) is 8.65. The number of primary amides is 1. The van der Waals surface area contributed by atoms with Gasteiger partial charge in [0.25, 0.3) is 0 Å². The molecule has 0 saturated heterocycles. The van der Waals surface area contributed by atoms with Gasteiger partial charge in [0.2, 0.25) is 5.91 Å². The predicted molar refractivity (Wildman–Crippen MR) is 87.1 cm³/mol. The normalized spacial score (nSPS) is 31.9. The fraction of sp³-hybridized carbons (Fsp3) is 0.632. The van der Waals surface area contributed by atoms with Crippen molar-refractivity contribution < 1.29 is 9.90 Å². The lowest BCUT2D eigenvalue weighted by molar-refractivity contribution is -0.129. The van der Waals surface area contributed by atoms with Crippen LogP contribution in [0.2, 0.25) is 0 Å². The van der Waals surface area contributed by atoms with Crippen LogP contribution < -0.4 is 5.73 Å². The van der Waals surface area contributed by atoms with Crippen molar-refractivity contribution in [1.82, 2.24) is 0 Å². The van der Waals surface area contributed by atoms with Gasteiger partial charge in [0, 0.05) is 0 Å². The molecular weight excluding hydrogens is 274 g/mol. The van der Waals surface area contributed by atoms with E-state index in [1.165, 1.54) is 24.8 Å². The summed E-state index contributed by atoms with van der Waals surface area (Å²) in [6, 6.07) is 10.3. The lowest BCUT2D eigenvalue weighted by Crippen LogP contribution is -2.40. The third kappa shape index (κ3) is 2.67. The Morgan fingerprint density at radius 2 is 1.86 bits per heavy atom. The molecule has 1 aromatic rings. The Labute approximate surface area is 132 Å². The molecule has 1 amide bonds. The van der Waals surface area contributed by atoms with E-state index in [2.05, 4.69) is 12.1 Å². The smallest absolute Gasteiger partial charge is 0.226 e. The second-order valence-electron chi connectivity index (χ2n) is 7.22. The van der Waals surface area contributed by atoms with Crippen molar-refractivity contribution in [3.8, 4) is 0 Å². The van der Waals surface area contributed by atoms with E-state index in [0.29, 0.717) is 18.8 Å². The van der Waals surface area contributed by atoms with E-state index < -0.39 is 11.0 Å². The first-order chi connectivity index (χ1) is 10.6. The summed E-state index contributed by atoms with van der Waals surface area (Å²) in [5.74, 6) is 0.0158. The molecule has 0 heterocycles. The third-order valence-corrected chi connectivity index (χ3v) is 5.92. The maximum Gasteiger partial charge on any atom is 0.226 e. The van der Waals surface area contributed by atoms with E-state index in [-0.39, 0.29) is 5.91 Å². The minimum Gasteiger partial charge on any atom is -0.389 e. The van der Waals surface area contributed by atoms with Gasteiger partial charge in [-0.3, -0.25) is 4.79 Å². The molecule has 0 bridgehead atoms. The molecule has 22 heavy (non-hydrogen) atoms. The lowest BCUT2D eigenvalue weighted by atomic mass is 9.74. The van der Waals surface area contributed by atoms with Gasteiger partial charge < -0.3 is 10.8 Å². The number of benzene rings is 1. The number of rotatable bonds is 6. The van der Waals surface area contributed by atoms with E-state index in [1.54, 1.807) is 0 Å². The highest BCUT2D eigenvalue weighted by Crippen LogP contribution is 2.65. The molecule has 0 aromatic heterocycles. The molecular formula is C19H27NO2. The van der Waals surface area contributed by atoms with Crippen LogP contribution in [0.25, 0.3) is 0 Å². The van der Waals surface area contributed by atoms with Crippen LogP contribution in [-0.4, -0.2) is 16.6 Å². The maximum atomic E-state index is 12.1. The lowest BCUT2D eigenvalue weighted by Gasteiger charge is -2.31. The first kappa shape index (κ1) is 15.5. The Morgan fingerprint density at radius 3 is 2.50 bits per heavy atom. The second-order valence-corrected chi connectivity index (χ2v) is 7.22. The van der Waals surface area contributed by atoms with Crippen molar-refractivity contribution in [1.29, 1.82) is 0 Å². The topological polar surface area (TPSA) is 63.3 Å². The monoisotopic (exact) mass is 301 g/mol. The number of hydrogen-bond donors (Lipinski definition) is 2. The molecule has 0 spiro atoms. The Bertz CT molecular complexity index is 523. The van der Waals surface area contributed by atoms with Gasteiger partial charge in [-0.1, -0.05) is 49.6 Å². The molecule has 0 aliphatic heterocycles. The average molecular weight is 301 g/mol. The van der Waals surface area contributed by atoms with Crippen LogP contribution in [0.1, 0.15) is 56.9 Å². The van der Waals surface area contributed by atoms with E-state index in [0.717, 1.165) is 25.7 Å². The van der Waals surface area contributed by atoms with Gasteiger partial charge in [-0.25, -0.2) is 0 Å². The van der Waals surface area contributed by atoms with Gasteiger partial charge in [-0.2, -0.15) is 0 Å². The number of nitrogens with two attached hydrogens (primary N) is 1. The largest absolute Gasteiger partial charge is 0.389 e. The summed E-state index contributed by atoms with van der Waals surface area (Å²) in [5.41, 5.74) is 5.52. The van der Waals surface area contributed by atoms with Gasteiger partial charge >= 0.3 is 0 Å². The highest BCUT2D eigenvalue weighted by Gasteiger charge is 2.72. The molecule has 2 aliphatic rings. The Kier molecular flexibility index (Phi) is 4.26. The molecule has 0 unspecified atom stereocenters. The zero-order valence-corrected chi connectivity index (χ0v) is 13.3.